The van der Waals surface area contributed by atoms with Crippen LogP contribution in [0.3, 0.4) is 0 Å². The highest BCUT2D eigenvalue weighted by Crippen LogP contribution is 2.21. The fourth-order valence-corrected chi connectivity index (χ4v) is 1.85. The van der Waals surface area contributed by atoms with E-state index >= 15 is 0 Å². The largest absolute Gasteiger partial charge is 0.376 e. The molecule has 14 heavy (non-hydrogen) atoms. The Hall–Kier alpha value is 0.540. The van der Waals surface area contributed by atoms with Crippen molar-refractivity contribution >= 4 is 48.3 Å². The molecule has 1 aromatic carbocycles. The fraction of sp³-hybridized carbons (Fsp3) is 0.250. The van der Waals surface area contributed by atoms with E-state index in [-0.39, 0.29) is 0 Å². The molecule has 0 aliphatic rings. The Kier molecular flexibility index (Phi) is 5.58. The van der Waals surface area contributed by atoms with Crippen molar-refractivity contribution in [3.8, 4) is 0 Å². The van der Waals surface area contributed by atoms with E-state index in [1.54, 1.807) is 0 Å². The molecule has 0 bridgehead atoms. The van der Waals surface area contributed by atoms with Gasteiger partial charge in [-0.1, -0.05) is 6.07 Å². The summed E-state index contributed by atoms with van der Waals surface area (Å²) in [5.74, 6) is 0. The maximum Gasteiger partial charge on any atom is 0.0538 e. The highest BCUT2D eigenvalue weighted by molar-refractivity contribution is 7.38. The molecule has 1 rings (SSSR count). The monoisotopic (exact) mass is 264 g/mol. The van der Waals surface area contributed by atoms with Crippen LogP contribution in [0.1, 0.15) is 0 Å². The predicted octanol–water partition coefficient (Wildman–Crippen LogP) is 2.58. The Morgan fingerprint density at radius 1 is 0.857 bits per heavy atom. The van der Waals surface area contributed by atoms with Gasteiger partial charge in [-0.15, -0.1) is 37.0 Å². The van der Waals surface area contributed by atoms with Gasteiger partial charge in [0.25, 0.3) is 0 Å². The van der Waals surface area contributed by atoms with Crippen LogP contribution in [0.25, 0.3) is 0 Å². The van der Waals surface area contributed by atoms with Crippen LogP contribution in [0.2, 0.25) is 0 Å². The highest BCUT2D eigenvalue weighted by Gasteiger charge is 1.98. The van der Waals surface area contributed by atoms with Gasteiger partial charge in [-0.25, -0.2) is 0 Å². The van der Waals surface area contributed by atoms with Gasteiger partial charge in [0.15, 0.2) is 0 Å². The average molecular weight is 264 g/mol. The smallest absolute Gasteiger partial charge is 0.0538 e. The van der Waals surface area contributed by atoms with E-state index in [2.05, 4.69) is 53.7 Å². The molecule has 0 heterocycles. The molecule has 0 aromatic heterocycles. The summed E-state index contributed by atoms with van der Waals surface area (Å²) in [6.45, 7) is 0. The molecule has 1 aromatic rings. The van der Waals surface area contributed by atoms with Crippen molar-refractivity contribution < 1.29 is 0 Å². The van der Waals surface area contributed by atoms with E-state index in [0.717, 1.165) is 11.4 Å². The molecule has 0 radical (unpaired) electrons. The molecule has 0 fully saturated rings. The van der Waals surface area contributed by atoms with Crippen molar-refractivity contribution in [1.29, 1.82) is 0 Å². The molecular weight excluding hydrogens is 248 g/mol. The summed E-state index contributed by atoms with van der Waals surface area (Å²) in [6.07, 6.45) is 0. The lowest BCUT2D eigenvalue weighted by molar-refractivity contribution is 1.36. The number of hydrogen-bond acceptors (Lipinski definition) is 2. The van der Waals surface area contributed by atoms with Gasteiger partial charge in [-0.05, 0) is 18.2 Å². The van der Waals surface area contributed by atoms with Gasteiger partial charge >= 0.3 is 0 Å². The Labute approximate surface area is 94.6 Å². The van der Waals surface area contributed by atoms with Crippen LogP contribution in [-0.4, -0.2) is 11.0 Å². The quantitative estimate of drug-likeness (QED) is 0.817. The van der Waals surface area contributed by atoms with Crippen LogP contribution in [0.5, 0.6) is 0 Å². The molecule has 78 valence electrons. The first-order valence-corrected chi connectivity index (χ1v) is 6.90. The second kappa shape index (κ2) is 6.19. The van der Waals surface area contributed by atoms with Crippen molar-refractivity contribution in [2.45, 2.75) is 11.0 Å². The third-order valence-electron chi connectivity index (χ3n) is 1.53. The van der Waals surface area contributed by atoms with E-state index in [1.165, 1.54) is 0 Å². The van der Waals surface area contributed by atoms with Crippen LogP contribution in [0.15, 0.2) is 24.3 Å². The van der Waals surface area contributed by atoms with Gasteiger partial charge in [0.2, 0.25) is 0 Å². The predicted molar refractivity (Wildman–Crippen MR) is 80.1 cm³/mol. The minimum Gasteiger partial charge on any atom is -0.376 e. The summed E-state index contributed by atoms with van der Waals surface area (Å²) in [6, 6.07) is 8.21. The second-order valence-corrected chi connectivity index (χ2v) is 7.33. The third-order valence-corrected chi connectivity index (χ3v) is 2.20. The zero-order valence-corrected chi connectivity index (χ0v) is 12.4. The summed E-state index contributed by atoms with van der Waals surface area (Å²) in [7, 11) is 10.7. The minimum absolute atomic E-state index is 0.299. The molecule has 2 N–H and O–H groups in total. The van der Waals surface area contributed by atoms with E-state index in [1.807, 2.05) is 18.2 Å². The molecule has 4 unspecified atom stereocenters. The third kappa shape index (κ3) is 4.86. The average Bonchev–Trinajstić information content (AvgIpc) is 2.01. The van der Waals surface area contributed by atoms with Gasteiger partial charge in [-0.3, -0.25) is 0 Å². The Balaban J connectivity index is 2.68. The summed E-state index contributed by atoms with van der Waals surface area (Å²) >= 11 is 0. The number of anilines is 2. The summed E-state index contributed by atoms with van der Waals surface area (Å²) < 4.78 is 0. The van der Waals surface area contributed by atoms with Crippen LogP contribution < -0.4 is 10.6 Å². The van der Waals surface area contributed by atoms with Crippen LogP contribution in [0.4, 0.5) is 11.4 Å². The molecule has 6 heteroatoms. The lowest BCUT2D eigenvalue weighted by atomic mass is 10.3. The second-order valence-electron chi connectivity index (χ2n) is 2.92. The van der Waals surface area contributed by atoms with Crippen molar-refractivity contribution in [2.24, 2.45) is 0 Å². The summed E-state index contributed by atoms with van der Waals surface area (Å²) in [5, 5.41) is 6.58. The van der Waals surface area contributed by atoms with Gasteiger partial charge < -0.3 is 10.6 Å². The first-order chi connectivity index (χ1) is 6.58. The molecular formula is C8H16N2P4. The zero-order chi connectivity index (χ0) is 10.6. The normalized spacial score (nSPS) is 10.7. The van der Waals surface area contributed by atoms with E-state index in [9.17, 15) is 0 Å². The molecule has 0 amide bonds. The number of benzene rings is 1. The van der Waals surface area contributed by atoms with E-state index in [4.69, 9.17) is 0 Å². The first kappa shape index (κ1) is 12.6. The molecule has 0 aliphatic heterocycles. The Morgan fingerprint density at radius 3 is 1.64 bits per heavy atom. The first-order valence-electron chi connectivity index (χ1n) is 4.23. The summed E-state index contributed by atoms with van der Waals surface area (Å²) in [5.41, 5.74) is 2.82. The van der Waals surface area contributed by atoms with Gasteiger partial charge in [0.1, 0.15) is 0 Å². The topological polar surface area (TPSA) is 24.1 Å². The molecule has 4 atom stereocenters. The number of nitrogens with one attached hydrogen (secondary N) is 2. The van der Waals surface area contributed by atoms with Crippen molar-refractivity contribution in [3.05, 3.63) is 24.3 Å². The Bertz CT molecular complexity index is 265. The van der Waals surface area contributed by atoms with Crippen molar-refractivity contribution in [1.82, 2.24) is 0 Å². The lowest BCUT2D eigenvalue weighted by Crippen LogP contribution is -2.05. The van der Waals surface area contributed by atoms with Gasteiger partial charge in [0, 0.05) is 11.4 Å². The molecule has 0 saturated carbocycles. The highest BCUT2D eigenvalue weighted by atomic mass is 31.1. The van der Waals surface area contributed by atoms with Gasteiger partial charge in [-0.2, -0.15) is 0 Å². The van der Waals surface area contributed by atoms with E-state index < -0.39 is 0 Å². The molecule has 0 spiro atoms. The maximum absolute atomic E-state index is 3.29. The molecule has 0 aliphatic carbocycles. The van der Waals surface area contributed by atoms with Crippen molar-refractivity contribution in [3.63, 3.8) is 0 Å². The van der Waals surface area contributed by atoms with Crippen LogP contribution >= 0.6 is 37.0 Å². The lowest BCUT2D eigenvalue weighted by Gasteiger charge is -2.13. The fourth-order valence-electron chi connectivity index (χ4n) is 1.08. The maximum atomic E-state index is 3.29. The minimum atomic E-state index is 0.299. The van der Waals surface area contributed by atoms with Crippen LogP contribution in [0, 0.1) is 0 Å². The molecule has 0 saturated heterocycles. The van der Waals surface area contributed by atoms with Crippen molar-refractivity contribution in [2.75, 3.05) is 10.6 Å². The summed E-state index contributed by atoms with van der Waals surface area (Å²) in [4.78, 5) is 0. The van der Waals surface area contributed by atoms with E-state index in [0.29, 0.717) is 11.0 Å². The zero-order valence-electron chi connectivity index (χ0n) is 7.77. The SMILES string of the molecule is PC(P)Nc1cccc(NC(P)P)c1. The number of rotatable bonds is 4. The van der Waals surface area contributed by atoms with Gasteiger partial charge in [0.05, 0.1) is 11.0 Å². The molecule has 2 nitrogen and oxygen atoms in total. The van der Waals surface area contributed by atoms with Crippen LogP contribution in [-0.2, 0) is 0 Å². The standard InChI is InChI=1S/C8H16N2P4/c11-7(12)9-5-2-1-3-6(4-5)10-8(13)14/h1-4,7-10H,11-14H2. The Morgan fingerprint density at radius 2 is 1.29 bits per heavy atom. The number of hydrogen-bond donors (Lipinski definition) is 2.